The number of unbranched alkanes of at least 4 members (excludes halogenated alkanes) is 40. The Labute approximate surface area is 540 Å². The van der Waals surface area contributed by atoms with Gasteiger partial charge >= 0.3 is 48.9 Å². The smallest absolute Gasteiger partial charge is 0.744 e. The number of hydrogen-bond donors (Lipinski definition) is 0. The van der Waals surface area contributed by atoms with Crippen LogP contribution >= 0.6 is 0 Å². The molecule has 81 heavy (non-hydrogen) atoms. The molecule has 456 valence electrons. The van der Waals surface area contributed by atoms with E-state index in [0.29, 0.717) is 12.8 Å². The van der Waals surface area contributed by atoms with E-state index in [1.807, 2.05) is 12.1 Å². The van der Waals surface area contributed by atoms with Crippen molar-refractivity contribution in [1.82, 2.24) is 0 Å². The Morgan fingerprint density at radius 2 is 0.481 bits per heavy atom. The van der Waals surface area contributed by atoms with Gasteiger partial charge in [0.15, 0.2) is 0 Å². The van der Waals surface area contributed by atoms with Crippen LogP contribution in [0.4, 0.5) is 0 Å². The first-order valence-corrected chi connectivity index (χ1v) is 36.8. The molecule has 0 saturated carbocycles. The van der Waals surface area contributed by atoms with E-state index in [1.54, 1.807) is 12.1 Å². The van der Waals surface area contributed by atoms with Crippen LogP contribution in [0.1, 0.15) is 332 Å². The minimum absolute atomic E-state index is 0. The van der Waals surface area contributed by atoms with Crippen LogP contribution in [-0.2, 0) is 45.9 Å². The zero-order chi connectivity index (χ0) is 57.8. The molecule has 0 aliphatic heterocycles. The Kier molecular flexibility index (Phi) is 45.8. The van der Waals surface area contributed by atoms with Gasteiger partial charge in [-0.15, -0.1) is 0 Å². The van der Waals surface area contributed by atoms with Gasteiger partial charge in [-0.2, -0.15) is 0 Å². The molecule has 0 saturated heterocycles. The van der Waals surface area contributed by atoms with Crippen molar-refractivity contribution in [3.8, 4) is 0 Å². The molecule has 0 heterocycles. The van der Waals surface area contributed by atoms with E-state index in [-0.39, 0.29) is 58.7 Å². The van der Waals surface area contributed by atoms with Gasteiger partial charge < -0.3 is 9.11 Å². The molecule has 0 amide bonds. The minimum atomic E-state index is -4.50. The summed E-state index contributed by atoms with van der Waals surface area (Å²) < 4.78 is 73.3. The summed E-state index contributed by atoms with van der Waals surface area (Å²) in [5.41, 5.74) is 3.94. The summed E-state index contributed by atoms with van der Waals surface area (Å²) in [6, 6.07) is 19.3. The van der Waals surface area contributed by atoms with Crippen molar-refractivity contribution in [3.05, 3.63) is 82.9 Å². The molecule has 0 atom stereocenters. The molecule has 0 aliphatic rings. The van der Waals surface area contributed by atoms with E-state index >= 15 is 0 Å². The molecule has 0 radical (unpaired) electrons. The Morgan fingerprint density at radius 3 is 0.704 bits per heavy atom. The number of fused-ring (bicyclic) bond motifs is 2. The van der Waals surface area contributed by atoms with Gasteiger partial charge in [0.2, 0.25) is 0 Å². The molecule has 0 aromatic heterocycles. The zero-order valence-electron chi connectivity index (χ0n) is 52.7. The second-order valence-electron chi connectivity index (χ2n) is 24.2. The van der Waals surface area contributed by atoms with Crippen LogP contribution < -0.4 is 0 Å². The maximum Gasteiger partial charge on any atom is 2.00 e. The predicted molar refractivity (Wildman–Crippen MR) is 350 cm³/mol. The Hall–Kier alpha value is -1.21. The van der Waals surface area contributed by atoms with Crippen LogP contribution in [0.25, 0.3) is 21.5 Å². The van der Waals surface area contributed by atoms with Gasteiger partial charge in [0.1, 0.15) is 20.2 Å². The van der Waals surface area contributed by atoms with Gasteiger partial charge in [-0.3, -0.25) is 0 Å². The Balaban J connectivity index is 0.000000547. The fourth-order valence-corrected chi connectivity index (χ4v) is 13.8. The molecule has 0 N–H and O–H groups in total. The molecule has 0 spiro atoms. The summed E-state index contributed by atoms with van der Waals surface area (Å²) >= 11 is 0. The quantitative estimate of drug-likeness (QED) is 0.0247. The van der Waals surface area contributed by atoms with E-state index in [9.17, 15) is 25.9 Å². The van der Waals surface area contributed by atoms with Crippen molar-refractivity contribution in [2.24, 2.45) is 0 Å². The van der Waals surface area contributed by atoms with Crippen molar-refractivity contribution >= 4 is 90.7 Å². The third kappa shape index (κ3) is 34.1. The van der Waals surface area contributed by atoms with Crippen LogP contribution in [0.2, 0.25) is 0 Å². The fraction of sp³-hybridized carbons (Fsp3) is 0.722. The summed E-state index contributed by atoms with van der Waals surface area (Å²) in [7, 11) is -9.00. The maximum absolute atomic E-state index is 12.2. The van der Waals surface area contributed by atoms with E-state index in [0.717, 1.165) is 84.0 Å². The fourth-order valence-electron chi connectivity index (χ4n) is 12.3. The van der Waals surface area contributed by atoms with E-state index in [1.165, 1.54) is 255 Å². The van der Waals surface area contributed by atoms with Gasteiger partial charge in [0.25, 0.3) is 0 Å². The van der Waals surface area contributed by atoms with Crippen molar-refractivity contribution in [1.29, 1.82) is 0 Å². The zero-order valence-corrected chi connectivity index (χ0v) is 58.8. The molecule has 9 heteroatoms. The molecule has 0 fully saturated rings. The molecule has 4 rings (SSSR count). The van der Waals surface area contributed by atoms with Gasteiger partial charge in [0, 0.05) is 0 Å². The molecular formula is C72H118BaO6S2. The normalized spacial score (nSPS) is 11.8. The minimum Gasteiger partial charge on any atom is -0.744 e. The monoisotopic (exact) mass is 1280 g/mol. The number of hydrogen-bond acceptors (Lipinski definition) is 6. The topological polar surface area (TPSA) is 114 Å². The number of rotatable bonds is 50. The van der Waals surface area contributed by atoms with E-state index in [4.69, 9.17) is 0 Å². The van der Waals surface area contributed by atoms with Crippen LogP contribution in [-0.4, -0.2) is 74.8 Å². The second kappa shape index (κ2) is 48.9. The van der Waals surface area contributed by atoms with Gasteiger partial charge in [-0.25, -0.2) is 16.8 Å². The van der Waals surface area contributed by atoms with Gasteiger partial charge in [-0.05, 0) is 107 Å². The molecule has 6 nitrogen and oxygen atoms in total. The average molecular weight is 1280 g/mol. The summed E-state index contributed by atoms with van der Waals surface area (Å²) in [5.74, 6) is 0. The predicted octanol–water partition coefficient (Wildman–Crippen LogP) is 22.5. The summed E-state index contributed by atoms with van der Waals surface area (Å²) in [5, 5.41) is 4.18. The van der Waals surface area contributed by atoms with Crippen molar-refractivity contribution in [3.63, 3.8) is 0 Å². The first-order valence-electron chi connectivity index (χ1n) is 34.0. The van der Waals surface area contributed by atoms with Crippen molar-refractivity contribution in [2.75, 3.05) is 0 Å². The summed E-state index contributed by atoms with van der Waals surface area (Å²) in [6.45, 7) is 9.05. The van der Waals surface area contributed by atoms with E-state index in [2.05, 4.69) is 64.1 Å². The number of benzene rings is 4. The van der Waals surface area contributed by atoms with E-state index < -0.39 is 20.2 Å². The van der Waals surface area contributed by atoms with Crippen LogP contribution in [0.3, 0.4) is 0 Å². The Bertz CT molecular complexity index is 2230. The summed E-state index contributed by atoms with van der Waals surface area (Å²) in [6.07, 6.45) is 59.8. The van der Waals surface area contributed by atoms with Crippen molar-refractivity contribution in [2.45, 2.75) is 346 Å². The maximum atomic E-state index is 12.2. The standard InChI is InChI=1S/2C36H60O3S.Ba/c2*1-3-5-7-9-11-13-15-17-19-21-23-26-32-27-25-28-33-30-31-35(40(37,38)39)34(36(32)33)29-24-22-20-18-16-14-12-10-8-6-4-2;/h2*25,27-28,30-31H,3-24,26,29H2,1-2H3,(H,37,38,39);/q;;+2/p-2. The van der Waals surface area contributed by atoms with Gasteiger partial charge in [0.05, 0.1) is 9.79 Å². The molecule has 0 bridgehead atoms. The largest absolute Gasteiger partial charge is 2.00 e. The third-order valence-corrected chi connectivity index (χ3v) is 18.9. The summed E-state index contributed by atoms with van der Waals surface area (Å²) in [4.78, 5) is -0.00284. The SMILES string of the molecule is CCCCCCCCCCCCCc1cccc2ccc(S(=O)(=O)[O-])c(CCCCCCCCCCCCC)c12.CCCCCCCCCCCCCc1cccc2ccc(S(=O)(=O)[O-])c(CCCCCCCCCCCCC)c12.[Ba+2]. The van der Waals surface area contributed by atoms with Gasteiger partial charge in [-0.1, -0.05) is 333 Å². The first-order chi connectivity index (χ1) is 39.0. The van der Waals surface area contributed by atoms with Crippen molar-refractivity contribution < 1.29 is 25.9 Å². The second-order valence-corrected chi connectivity index (χ2v) is 26.9. The number of aryl methyl sites for hydroxylation is 4. The molecule has 4 aromatic carbocycles. The Morgan fingerprint density at radius 1 is 0.272 bits per heavy atom. The average Bonchev–Trinajstić information content (AvgIpc) is 3.47. The molecule has 0 unspecified atom stereocenters. The first kappa shape index (κ1) is 75.9. The molecule has 0 aliphatic carbocycles. The third-order valence-electron chi connectivity index (χ3n) is 17.1. The van der Waals surface area contributed by atoms with Crippen LogP contribution in [0.5, 0.6) is 0 Å². The van der Waals surface area contributed by atoms with Crippen LogP contribution in [0, 0.1) is 0 Å². The van der Waals surface area contributed by atoms with Crippen LogP contribution in [0.15, 0.2) is 70.5 Å². The molecule has 4 aromatic rings. The molecular weight excluding hydrogens is 1160 g/mol.